The molecular weight excluding hydrogens is 384 g/mol. The molecule has 164 valence electrons. The molecular formula is C24H32O6. The summed E-state index contributed by atoms with van der Waals surface area (Å²) in [5, 5.41) is 30.9. The van der Waals surface area contributed by atoms with Crippen molar-refractivity contribution in [3.63, 3.8) is 0 Å². The van der Waals surface area contributed by atoms with Crippen LogP contribution < -0.4 is 0 Å². The molecule has 2 saturated carbocycles. The second-order valence-corrected chi connectivity index (χ2v) is 10.4. The summed E-state index contributed by atoms with van der Waals surface area (Å²) < 4.78 is 0. The summed E-state index contributed by atoms with van der Waals surface area (Å²) in [6, 6.07) is 0. The molecule has 4 aliphatic carbocycles. The highest BCUT2D eigenvalue weighted by Gasteiger charge is 2.68. The molecule has 0 heterocycles. The van der Waals surface area contributed by atoms with Gasteiger partial charge in [0.2, 0.25) is 0 Å². The first-order valence-electron chi connectivity index (χ1n) is 11.1. The van der Waals surface area contributed by atoms with E-state index in [1.807, 2.05) is 19.9 Å². The highest BCUT2D eigenvalue weighted by Crippen LogP contribution is 2.67. The molecule has 6 nitrogen and oxygen atoms in total. The highest BCUT2D eigenvalue weighted by molar-refractivity contribution is 5.95. The van der Waals surface area contributed by atoms with E-state index in [0.29, 0.717) is 19.3 Å². The van der Waals surface area contributed by atoms with Crippen molar-refractivity contribution >= 4 is 17.5 Å². The summed E-state index contributed by atoms with van der Waals surface area (Å²) >= 11 is 0. The van der Waals surface area contributed by atoms with Crippen molar-refractivity contribution in [1.82, 2.24) is 0 Å². The molecule has 0 aromatic rings. The number of Topliss-reactive ketones (excluding diaryl/α,β-unsaturated/α-hetero) is 1. The first-order valence-corrected chi connectivity index (χ1v) is 11.1. The summed E-state index contributed by atoms with van der Waals surface area (Å²) in [6.45, 7) is 5.99. The average molecular weight is 417 g/mol. The molecule has 0 aromatic carbocycles. The van der Waals surface area contributed by atoms with Crippen LogP contribution >= 0.6 is 0 Å². The summed E-state index contributed by atoms with van der Waals surface area (Å²) in [6.07, 6.45) is 5.84. The monoisotopic (exact) mass is 416 g/mol. The number of allylic oxidation sites excluding steroid dienone is 4. The molecule has 2 fully saturated rings. The van der Waals surface area contributed by atoms with Crippen molar-refractivity contribution in [3.8, 4) is 0 Å². The Kier molecular flexibility index (Phi) is 4.90. The molecule has 3 N–H and O–H groups in total. The second kappa shape index (κ2) is 6.86. The van der Waals surface area contributed by atoms with Crippen molar-refractivity contribution in [2.24, 2.45) is 28.6 Å². The van der Waals surface area contributed by atoms with Crippen LogP contribution in [0.25, 0.3) is 0 Å². The van der Waals surface area contributed by atoms with Crippen LogP contribution in [0.5, 0.6) is 0 Å². The Morgan fingerprint density at radius 2 is 1.97 bits per heavy atom. The lowest BCUT2D eigenvalue weighted by Gasteiger charge is -2.54. The number of carboxylic acid groups (broad SMARTS) is 1. The quantitative estimate of drug-likeness (QED) is 0.608. The average Bonchev–Trinajstić information content (AvgIpc) is 2.88. The van der Waals surface area contributed by atoms with Crippen molar-refractivity contribution < 1.29 is 29.7 Å². The fourth-order valence-electron chi connectivity index (χ4n) is 7.24. The molecule has 0 bridgehead atoms. The molecule has 0 spiro atoms. The van der Waals surface area contributed by atoms with Crippen LogP contribution in [0.15, 0.2) is 23.3 Å². The van der Waals surface area contributed by atoms with Crippen LogP contribution in [0.2, 0.25) is 0 Å². The maximum absolute atomic E-state index is 13.1. The van der Waals surface area contributed by atoms with Crippen LogP contribution in [-0.4, -0.2) is 44.6 Å². The van der Waals surface area contributed by atoms with Crippen LogP contribution in [0.3, 0.4) is 0 Å². The number of carbonyl (C=O) groups excluding carboxylic acids is 2. The van der Waals surface area contributed by atoms with E-state index in [-0.39, 0.29) is 29.0 Å². The lowest BCUT2D eigenvalue weighted by atomic mass is 9.50. The maximum atomic E-state index is 13.1. The Hall–Kier alpha value is -1.79. The Morgan fingerprint density at radius 1 is 1.27 bits per heavy atom. The molecule has 4 rings (SSSR count). The van der Waals surface area contributed by atoms with Crippen LogP contribution in [0.4, 0.5) is 0 Å². The third-order valence-corrected chi connectivity index (χ3v) is 8.96. The van der Waals surface area contributed by atoms with Gasteiger partial charge in [-0.25, -0.2) is 0 Å². The fourth-order valence-corrected chi connectivity index (χ4v) is 7.24. The first-order chi connectivity index (χ1) is 13.9. The van der Waals surface area contributed by atoms with Gasteiger partial charge in [-0.05, 0) is 55.9 Å². The molecule has 7 atom stereocenters. The van der Waals surface area contributed by atoms with Gasteiger partial charge in [-0.2, -0.15) is 0 Å². The van der Waals surface area contributed by atoms with E-state index in [1.165, 1.54) is 11.1 Å². The molecule has 0 aliphatic heterocycles. The van der Waals surface area contributed by atoms with Crippen molar-refractivity contribution in [2.75, 3.05) is 0 Å². The number of carboxylic acids is 1. The number of fused-ring (bicyclic) bond motifs is 5. The Balaban J connectivity index is 1.72. The number of ketones is 2. The SMILES string of the molecule is C[C@@H]1C[C@H]2[C@@H]3CCC4=CC(=O)CC[C@]4(C)C3=CC[C@]2(C)[C@@]1(O)C(=O)C(O)CC(=O)O. The topological polar surface area (TPSA) is 112 Å². The number of hydrogen-bond acceptors (Lipinski definition) is 5. The summed E-state index contributed by atoms with van der Waals surface area (Å²) in [5.74, 6) is -1.89. The lowest BCUT2D eigenvalue weighted by Crippen LogP contribution is -2.59. The first kappa shape index (κ1) is 21.4. The van der Waals surface area contributed by atoms with E-state index in [2.05, 4.69) is 13.0 Å². The number of aliphatic carboxylic acids is 1. The Bertz CT molecular complexity index is 871. The normalized spacial score (nSPS) is 43.6. The minimum Gasteiger partial charge on any atom is -0.481 e. The van der Waals surface area contributed by atoms with Crippen LogP contribution in [-0.2, 0) is 14.4 Å². The number of aliphatic hydroxyl groups excluding tert-OH is 1. The minimum absolute atomic E-state index is 0.0782. The highest BCUT2D eigenvalue weighted by atomic mass is 16.4. The molecule has 1 unspecified atom stereocenters. The smallest absolute Gasteiger partial charge is 0.306 e. The molecule has 0 saturated heterocycles. The number of rotatable bonds is 4. The van der Waals surface area contributed by atoms with Gasteiger partial charge in [-0.15, -0.1) is 0 Å². The zero-order valence-electron chi connectivity index (χ0n) is 18.0. The van der Waals surface area contributed by atoms with Crippen LogP contribution in [0, 0.1) is 28.6 Å². The Labute approximate surface area is 177 Å². The van der Waals surface area contributed by atoms with Gasteiger partial charge in [0.25, 0.3) is 0 Å². The maximum Gasteiger partial charge on any atom is 0.306 e. The zero-order chi connectivity index (χ0) is 22.1. The van der Waals surface area contributed by atoms with Gasteiger partial charge in [0.15, 0.2) is 11.6 Å². The van der Waals surface area contributed by atoms with Gasteiger partial charge >= 0.3 is 5.97 Å². The van der Waals surface area contributed by atoms with Gasteiger partial charge in [-0.3, -0.25) is 14.4 Å². The van der Waals surface area contributed by atoms with E-state index in [0.717, 1.165) is 19.3 Å². The lowest BCUT2D eigenvalue weighted by molar-refractivity contribution is -0.169. The third-order valence-electron chi connectivity index (χ3n) is 8.96. The van der Waals surface area contributed by atoms with E-state index in [4.69, 9.17) is 5.11 Å². The van der Waals surface area contributed by atoms with Gasteiger partial charge < -0.3 is 15.3 Å². The minimum atomic E-state index is -1.76. The van der Waals surface area contributed by atoms with E-state index in [9.17, 15) is 24.6 Å². The summed E-state index contributed by atoms with van der Waals surface area (Å²) in [4.78, 5) is 36.1. The van der Waals surface area contributed by atoms with E-state index in [1.54, 1.807) is 0 Å². The molecule has 6 heteroatoms. The Morgan fingerprint density at radius 3 is 2.63 bits per heavy atom. The molecule has 0 radical (unpaired) electrons. The number of carbonyl (C=O) groups is 3. The summed E-state index contributed by atoms with van der Waals surface area (Å²) in [5.41, 5.74) is -0.0912. The molecule has 0 amide bonds. The van der Waals surface area contributed by atoms with E-state index >= 15 is 0 Å². The molecule has 30 heavy (non-hydrogen) atoms. The van der Waals surface area contributed by atoms with Crippen LogP contribution in [0.1, 0.15) is 65.7 Å². The van der Waals surface area contributed by atoms with Gasteiger partial charge in [0.1, 0.15) is 11.7 Å². The predicted molar refractivity (Wildman–Crippen MR) is 109 cm³/mol. The summed E-state index contributed by atoms with van der Waals surface area (Å²) in [7, 11) is 0. The fraction of sp³-hybridized carbons (Fsp3) is 0.708. The van der Waals surface area contributed by atoms with E-state index < -0.39 is 35.3 Å². The largest absolute Gasteiger partial charge is 0.481 e. The standard InChI is InChI=1S/C24H32O6/c1-13-10-18-16-5-4-14-11-15(25)6-8-22(14,2)17(16)7-9-23(18,3)24(13,30)21(29)19(26)12-20(27)28/h7,11,13,16,18-19,26,30H,4-6,8-10,12H2,1-3H3,(H,27,28)/t13-,16-,18+,19?,22+,23+,24+/m1/s1. The van der Waals surface area contributed by atoms with Gasteiger partial charge in [0.05, 0.1) is 6.42 Å². The van der Waals surface area contributed by atoms with Gasteiger partial charge in [0, 0.05) is 17.3 Å². The zero-order valence-corrected chi connectivity index (χ0v) is 18.0. The van der Waals surface area contributed by atoms with Crippen molar-refractivity contribution in [1.29, 1.82) is 0 Å². The molecule has 4 aliphatic rings. The predicted octanol–water partition coefficient (Wildman–Crippen LogP) is 2.82. The second-order valence-electron chi connectivity index (χ2n) is 10.4. The molecule has 0 aromatic heterocycles. The number of hydrogen-bond donors (Lipinski definition) is 3. The number of aliphatic hydroxyl groups is 2. The third kappa shape index (κ3) is 2.72. The van der Waals surface area contributed by atoms with Gasteiger partial charge in [-0.1, -0.05) is 38.0 Å². The van der Waals surface area contributed by atoms with Crippen molar-refractivity contribution in [3.05, 3.63) is 23.3 Å². The van der Waals surface area contributed by atoms with Crippen molar-refractivity contribution in [2.45, 2.75) is 77.4 Å².